The summed E-state index contributed by atoms with van der Waals surface area (Å²) < 4.78 is 0. The number of halogens is 1. The quantitative estimate of drug-likeness (QED) is 0.621. The van der Waals surface area contributed by atoms with Gasteiger partial charge in [-0.15, -0.1) is 11.6 Å². The first-order valence-electron chi connectivity index (χ1n) is 5.19. The monoisotopic (exact) mass is 205 g/mol. The van der Waals surface area contributed by atoms with Gasteiger partial charge in [0.25, 0.3) is 0 Å². The highest BCUT2D eigenvalue weighted by molar-refractivity contribution is 6.17. The lowest BCUT2D eigenvalue weighted by Crippen LogP contribution is -2.30. The first-order valence-corrected chi connectivity index (χ1v) is 5.72. The Hall–Kier alpha value is 0.210. The molecule has 78 valence electrons. The lowest BCUT2D eigenvalue weighted by atomic mass is 10.0. The summed E-state index contributed by atoms with van der Waals surface area (Å²) in [5.74, 6) is 1.31. The number of aliphatic hydroxyl groups excluding tert-OH is 1. The highest BCUT2D eigenvalue weighted by atomic mass is 35.5. The van der Waals surface area contributed by atoms with E-state index in [-0.39, 0.29) is 6.10 Å². The topological polar surface area (TPSA) is 32.3 Å². The van der Waals surface area contributed by atoms with Crippen LogP contribution in [0.25, 0.3) is 0 Å². The van der Waals surface area contributed by atoms with E-state index in [2.05, 4.69) is 5.32 Å². The van der Waals surface area contributed by atoms with Gasteiger partial charge < -0.3 is 10.4 Å². The van der Waals surface area contributed by atoms with Gasteiger partial charge in [0.05, 0.1) is 6.10 Å². The average Bonchev–Trinajstić information content (AvgIpc) is 2.94. The van der Waals surface area contributed by atoms with Crippen molar-refractivity contribution in [2.75, 3.05) is 12.9 Å². The van der Waals surface area contributed by atoms with Gasteiger partial charge in [-0.1, -0.05) is 0 Å². The van der Waals surface area contributed by atoms with Gasteiger partial charge in [0.15, 0.2) is 0 Å². The normalized spacial score (nSPS) is 21.5. The summed E-state index contributed by atoms with van der Waals surface area (Å²) >= 11 is 5.62. The molecule has 0 aromatic carbocycles. The van der Waals surface area contributed by atoms with E-state index in [1.165, 1.54) is 12.8 Å². The van der Waals surface area contributed by atoms with E-state index in [9.17, 15) is 5.11 Å². The maximum Gasteiger partial charge on any atom is 0.0583 e. The van der Waals surface area contributed by atoms with Crippen molar-refractivity contribution in [2.45, 2.75) is 44.2 Å². The summed E-state index contributed by atoms with van der Waals surface area (Å²) in [7, 11) is 1.96. The Morgan fingerprint density at radius 2 is 2.23 bits per heavy atom. The van der Waals surface area contributed by atoms with Crippen LogP contribution >= 0.6 is 11.6 Å². The Balaban J connectivity index is 2.13. The molecule has 3 heteroatoms. The average molecular weight is 206 g/mol. The Morgan fingerprint density at radius 1 is 1.54 bits per heavy atom. The van der Waals surface area contributed by atoms with Crippen LogP contribution in [-0.2, 0) is 0 Å². The molecule has 2 atom stereocenters. The molecule has 0 spiro atoms. The second-order valence-electron chi connectivity index (χ2n) is 3.96. The minimum absolute atomic E-state index is 0.0900. The molecule has 2 nitrogen and oxygen atoms in total. The van der Waals surface area contributed by atoms with Crippen LogP contribution in [0.4, 0.5) is 0 Å². The Bertz CT molecular complexity index is 139. The summed E-state index contributed by atoms with van der Waals surface area (Å²) in [4.78, 5) is 0. The van der Waals surface area contributed by atoms with Gasteiger partial charge in [-0.3, -0.25) is 0 Å². The second kappa shape index (κ2) is 5.84. The molecule has 0 aliphatic heterocycles. The van der Waals surface area contributed by atoms with Crippen molar-refractivity contribution in [3.05, 3.63) is 0 Å². The SMILES string of the molecule is CNC(CCCCl)CC(O)C1CC1. The summed E-state index contributed by atoms with van der Waals surface area (Å²) in [6, 6.07) is 0.439. The van der Waals surface area contributed by atoms with Crippen LogP contribution in [0.3, 0.4) is 0 Å². The fourth-order valence-electron chi connectivity index (χ4n) is 1.67. The molecule has 1 rings (SSSR count). The summed E-state index contributed by atoms with van der Waals surface area (Å²) in [5, 5.41) is 12.9. The first kappa shape index (κ1) is 11.3. The second-order valence-corrected chi connectivity index (χ2v) is 4.34. The molecule has 1 aliphatic rings. The van der Waals surface area contributed by atoms with Gasteiger partial charge in [0.1, 0.15) is 0 Å². The first-order chi connectivity index (χ1) is 6.27. The van der Waals surface area contributed by atoms with Crippen LogP contribution in [-0.4, -0.2) is 30.2 Å². The highest BCUT2D eigenvalue weighted by Crippen LogP contribution is 2.34. The van der Waals surface area contributed by atoms with Crippen molar-refractivity contribution in [3.8, 4) is 0 Å². The zero-order valence-electron chi connectivity index (χ0n) is 8.30. The van der Waals surface area contributed by atoms with E-state index in [0.29, 0.717) is 12.0 Å². The van der Waals surface area contributed by atoms with Gasteiger partial charge in [0.2, 0.25) is 0 Å². The van der Waals surface area contributed by atoms with Crippen LogP contribution in [0.2, 0.25) is 0 Å². The smallest absolute Gasteiger partial charge is 0.0583 e. The molecule has 0 saturated heterocycles. The van der Waals surface area contributed by atoms with Crippen LogP contribution in [0.15, 0.2) is 0 Å². The zero-order valence-corrected chi connectivity index (χ0v) is 9.06. The van der Waals surface area contributed by atoms with Gasteiger partial charge >= 0.3 is 0 Å². The molecule has 0 radical (unpaired) electrons. The number of hydrogen-bond acceptors (Lipinski definition) is 2. The van der Waals surface area contributed by atoms with Crippen LogP contribution in [0.5, 0.6) is 0 Å². The largest absolute Gasteiger partial charge is 0.393 e. The predicted octanol–water partition coefficient (Wildman–Crippen LogP) is 1.75. The molecule has 0 amide bonds. The predicted molar refractivity (Wildman–Crippen MR) is 56.1 cm³/mol. The van der Waals surface area contributed by atoms with Gasteiger partial charge in [-0.2, -0.15) is 0 Å². The third-order valence-electron chi connectivity index (χ3n) is 2.79. The Morgan fingerprint density at radius 3 is 2.69 bits per heavy atom. The molecule has 2 N–H and O–H groups in total. The van der Waals surface area contributed by atoms with Crippen molar-refractivity contribution >= 4 is 11.6 Å². The van der Waals surface area contributed by atoms with Crippen molar-refractivity contribution < 1.29 is 5.11 Å². The molecule has 1 fully saturated rings. The van der Waals surface area contributed by atoms with E-state index in [4.69, 9.17) is 11.6 Å². The van der Waals surface area contributed by atoms with Crippen LogP contribution in [0.1, 0.15) is 32.1 Å². The number of alkyl halides is 1. The molecule has 0 aromatic rings. The van der Waals surface area contributed by atoms with Crippen molar-refractivity contribution in [2.24, 2.45) is 5.92 Å². The Kier molecular flexibility index (Phi) is 5.07. The maximum absolute atomic E-state index is 9.72. The minimum Gasteiger partial charge on any atom is -0.393 e. The molecule has 1 saturated carbocycles. The van der Waals surface area contributed by atoms with Crippen molar-refractivity contribution in [1.29, 1.82) is 0 Å². The number of rotatable bonds is 7. The lowest BCUT2D eigenvalue weighted by Gasteiger charge is -2.19. The van der Waals surface area contributed by atoms with E-state index in [0.717, 1.165) is 25.1 Å². The van der Waals surface area contributed by atoms with Crippen LogP contribution < -0.4 is 5.32 Å². The molecule has 0 aromatic heterocycles. The fraction of sp³-hybridized carbons (Fsp3) is 1.00. The van der Waals surface area contributed by atoms with E-state index < -0.39 is 0 Å². The van der Waals surface area contributed by atoms with Gasteiger partial charge in [-0.05, 0) is 45.1 Å². The number of nitrogens with one attached hydrogen (secondary N) is 1. The zero-order chi connectivity index (χ0) is 9.68. The summed E-state index contributed by atoms with van der Waals surface area (Å²) in [6.07, 6.45) is 5.33. The van der Waals surface area contributed by atoms with E-state index >= 15 is 0 Å². The fourth-order valence-corrected chi connectivity index (χ4v) is 1.82. The molecular weight excluding hydrogens is 186 g/mol. The van der Waals surface area contributed by atoms with Gasteiger partial charge in [-0.25, -0.2) is 0 Å². The summed E-state index contributed by atoms with van der Waals surface area (Å²) in [6.45, 7) is 0. The molecular formula is C10H20ClNO. The third-order valence-corrected chi connectivity index (χ3v) is 3.05. The van der Waals surface area contributed by atoms with Crippen molar-refractivity contribution in [3.63, 3.8) is 0 Å². The summed E-state index contributed by atoms with van der Waals surface area (Å²) in [5.41, 5.74) is 0. The number of hydrogen-bond donors (Lipinski definition) is 2. The molecule has 0 heterocycles. The Labute approximate surface area is 85.7 Å². The highest BCUT2D eigenvalue weighted by Gasteiger charge is 2.30. The third kappa shape index (κ3) is 4.30. The molecule has 1 aliphatic carbocycles. The molecule has 13 heavy (non-hydrogen) atoms. The van der Waals surface area contributed by atoms with Crippen molar-refractivity contribution in [1.82, 2.24) is 5.32 Å². The molecule has 2 unspecified atom stereocenters. The van der Waals surface area contributed by atoms with Crippen LogP contribution in [0, 0.1) is 5.92 Å². The maximum atomic E-state index is 9.72. The number of aliphatic hydroxyl groups is 1. The van der Waals surface area contributed by atoms with E-state index in [1.807, 2.05) is 7.05 Å². The van der Waals surface area contributed by atoms with Gasteiger partial charge in [0, 0.05) is 11.9 Å². The minimum atomic E-state index is -0.0900. The molecule has 0 bridgehead atoms. The van der Waals surface area contributed by atoms with E-state index in [1.54, 1.807) is 0 Å². The lowest BCUT2D eigenvalue weighted by molar-refractivity contribution is 0.127. The standard InChI is InChI=1S/C10H20ClNO/c1-12-9(3-2-6-11)7-10(13)8-4-5-8/h8-10,12-13H,2-7H2,1H3.